The lowest BCUT2D eigenvalue weighted by molar-refractivity contribution is 0.0686. The molecule has 1 aliphatic rings. The topological polar surface area (TPSA) is 81.1 Å². The lowest BCUT2D eigenvalue weighted by Crippen LogP contribution is -2.26. The minimum Gasteiger partial charge on any atom is -0.478 e. The van der Waals surface area contributed by atoms with E-state index in [0.29, 0.717) is 24.1 Å². The van der Waals surface area contributed by atoms with Gasteiger partial charge in [-0.15, -0.1) is 0 Å². The van der Waals surface area contributed by atoms with Gasteiger partial charge in [0.05, 0.1) is 11.1 Å². The minimum atomic E-state index is -0.963. The molecule has 6 nitrogen and oxygen atoms in total. The van der Waals surface area contributed by atoms with Crippen molar-refractivity contribution in [2.45, 2.75) is 51.6 Å². The van der Waals surface area contributed by atoms with E-state index in [9.17, 15) is 19.8 Å². The summed E-state index contributed by atoms with van der Waals surface area (Å²) in [4.78, 5) is 29.0. The van der Waals surface area contributed by atoms with Gasteiger partial charge < -0.3 is 20.0 Å². The van der Waals surface area contributed by atoms with Crippen LogP contribution in [0.1, 0.15) is 58.5 Å². The highest BCUT2D eigenvalue weighted by molar-refractivity contribution is 6.21. The molecule has 3 aromatic rings. The first-order valence-corrected chi connectivity index (χ1v) is 12.6. The van der Waals surface area contributed by atoms with Crippen LogP contribution in [-0.4, -0.2) is 72.2 Å². The van der Waals surface area contributed by atoms with Gasteiger partial charge in [-0.3, -0.25) is 0 Å². The van der Waals surface area contributed by atoms with Crippen molar-refractivity contribution < 1.29 is 19.8 Å². The Labute approximate surface area is 213 Å². The smallest absolute Gasteiger partial charge is 0.336 e. The SMILES string of the molecule is CC(CCc1c(CCC(C)N(C)C)c2c3c(cccc3c1C(=O)O)-c1ccc(C(=O)O)cc1-2)N(C)C. The normalized spacial score (nSPS) is 13.9. The van der Waals surface area contributed by atoms with E-state index in [-0.39, 0.29) is 5.56 Å². The van der Waals surface area contributed by atoms with Gasteiger partial charge in [0.2, 0.25) is 0 Å². The van der Waals surface area contributed by atoms with Crippen molar-refractivity contribution in [3.8, 4) is 22.3 Å². The summed E-state index contributed by atoms with van der Waals surface area (Å²) < 4.78 is 0. The van der Waals surface area contributed by atoms with Crippen LogP contribution in [0.3, 0.4) is 0 Å². The molecule has 0 radical (unpaired) electrons. The molecule has 0 spiro atoms. The molecule has 2 N–H and O–H groups in total. The largest absolute Gasteiger partial charge is 0.478 e. The fraction of sp³-hybridized carbons (Fsp3) is 0.400. The third-order valence-corrected chi connectivity index (χ3v) is 7.98. The van der Waals surface area contributed by atoms with Crippen molar-refractivity contribution in [2.75, 3.05) is 28.2 Å². The van der Waals surface area contributed by atoms with E-state index in [1.54, 1.807) is 12.1 Å². The Morgan fingerprint density at radius 3 is 1.94 bits per heavy atom. The molecule has 0 bridgehead atoms. The maximum atomic E-state index is 12.8. The number of carboxylic acids is 2. The Morgan fingerprint density at radius 2 is 1.39 bits per heavy atom. The van der Waals surface area contributed by atoms with E-state index in [0.717, 1.165) is 63.4 Å². The maximum Gasteiger partial charge on any atom is 0.336 e. The summed E-state index contributed by atoms with van der Waals surface area (Å²) in [6.45, 7) is 4.33. The third-order valence-electron chi connectivity index (χ3n) is 7.98. The Hall–Kier alpha value is -3.22. The van der Waals surface area contributed by atoms with Gasteiger partial charge in [0.15, 0.2) is 0 Å². The predicted octanol–water partition coefficient (Wildman–Crippen LogP) is 5.65. The first kappa shape index (κ1) is 25.9. The number of nitrogens with zero attached hydrogens (tertiary/aromatic N) is 2. The van der Waals surface area contributed by atoms with Crippen molar-refractivity contribution in [2.24, 2.45) is 0 Å². The highest BCUT2D eigenvalue weighted by Crippen LogP contribution is 2.51. The van der Waals surface area contributed by atoms with Crippen LogP contribution >= 0.6 is 0 Å². The number of carbonyl (C=O) groups is 2. The van der Waals surface area contributed by atoms with Crippen LogP contribution in [0.4, 0.5) is 0 Å². The molecule has 0 aliphatic heterocycles. The summed E-state index contributed by atoms with van der Waals surface area (Å²) in [5.74, 6) is -1.87. The number of benzene rings is 3. The fourth-order valence-electron chi connectivity index (χ4n) is 5.30. The summed E-state index contributed by atoms with van der Waals surface area (Å²) in [5.41, 5.74) is 6.43. The maximum absolute atomic E-state index is 12.8. The third kappa shape index (κ3) is 4.51. The van der Waals surface area contributed by atoms with Crippen molar-refractivity contribution in [1.29, 1.82) is 0 Å². The first-order valence-electron chi connectivity index (χ1n) is 12.6. The van der Waals surface area contributed by atoms with Crippen LogP contribution < -0.4 is 0 Å². The summed E-state index contributed by atoms with van der Waals surface area (Å²) in [7, 11) is 8.19. The molecule has 36 heavy (non-hydrogen) atoms. The standard InChI is InChI=1S/C30H36N2O4/c1-17(31(3)4)10-13-22-23(14-11-18(2)32(5)6)28(30(35)36)24-9-7-8-21-20-15-12-19(29(33)34)16-25(20)27(22)26(21)24/h7-9,12,15-18H,10-11,13-14H2,1-6H3,(H,33,34)(H,35,36). The second-order valence-corrected chi connectivity index (χ2v) is 10.5. The molecule has 0 saturated carbocycles. The zero-order chi connectivity index (χ0) is 26.3. The Balaban J connectivity index is 2.04. The molecular weight excluding hydrogens is 452 g/mol. The summed E-state index contributed by atoms with van der Waals surface area (Å²) >= 11 is 0. The van der Waals surface area contributed by atoms with E-state index in [4.69, 9.17) is 0 Å². The van der Waals surface area contributed by atoms with Crippen LogP contribution in [0.25, 0.3) is 33.0 Å². The average Bonchev–Trinajstić information content (AvgIpc) is 3.16. The Kier molecular flexibility index (Phi) is 7.21. The molecule has 190 valence electrons. The lowest BCUT2D eigenvalue weighted by atomic mass is 9.83. The van der Waals surface area contributed by atoms with Crippen molar-refractivity contribution in [3.05, 3.63) is 58.7 Å². The molecule has 4 rings (SSSR count). The fourth-order valence-corrected chi connectivity index (χ4v) is 5.30. The van der Waals surface area contributed by atoms with Crippen molar-refractivity contribution >= 4 is 22.7 Å². The Morgan fingerprint density at radius 1 is 0.778 bits per heavy atom. The number of hydrogen-bond donors (Lipinski definition) is 2. The van der Waals surface area contributed by atoms with E-state index in [2.05, 4.69) is 37.7 Å². The van der Waals surface area contributed by atoms with Crippen LogP contribution in [0.2, 0.25) is 0 Å². The summed E-state index contributed by atoms with van der Waals surface area (Å²) in [6, 6.07) is 11.7. The van der Waals surface area contributed by atoms with Gasteiger partial charge in [-0.05, 0) is 124 Å². The number of hydrogen-bond acceptors (Lipinski definition) is 4. The zero-order valence-corrected chi connectivity index (χ0v) is 22.1. The summed E-state index contributed by atoms with van der Waals surface area (Å²) in [5, 5.41) is 21.9. The number of aromatic carboxylic acids is 2. The van der Waals surface area contributed by atoms with Gasteiger partial charge in [0.25, 0.3) is 0 Å². The number of carboxylic acid groups (broad SMARTS) is 2. The first-order chi connectivity index (χ1) is 17.0. The van der Waals surface area contributed by atoms with Gasteiger partial charge in [0.1, 0.15) is 0 Å². The molecule has 0 amide bonds. The van der Waals surface area contributed by atoms with Crippen LogP contribution in [0.15, 0.2) is 36.4 Å². The van der Waals surface area contributed by atoms with Crippen LogP contribution in [-0.2, 0) is 12.8 Å². The minimum absolute atomic E-state index is 0.243. The van der Waals surface area contributed by atoms with E-state index >= 15 is 0 Å². The highest BCUT2D eigenvalue weighted by atomic mass is 16.4. The monoisotopic (exact) mass is 488 g/mol. The van der Waals surface area contributed by atoms with Gasteiger partial charge in [0, 0.05) is 12.1 Å². The highest BCUT2D eigenvalue weighted by Gasteiger charge is 2.31. The molecule has 6 heteroatoms. The molecular formula is C30H36N2O4. The van der Waals surface area contributed by atoms with Crippen molar-refractivity contribution in [1.82, 2.24) is 9.80 Å². The van der Waals surface area contributed by atoms with Crippen LogP contribution in [0, 0.1) is 0 Å². The molecule has 2 unspecified atom stereocenters. The molecule has 0 fully saturated rings. The van der Waals surface area contributed by atoms with E-state index in [1.165, 1.54) is 0 Å². The summed E-state index contributed by atoms with van der Waals surface area (Å²) in [6.07, 6.45) is 3.07. The second kappa shape index (κ2) is 10.0. The molecule has 1 aliphatic carbocycles. The predicted molar refractivity (Wildman–Crippen MR) is 145 cm³/mol. The molecule has 0 saturated heterocycles. The van der Waals surface area contributed by atoms with E-state index in [1.807, 2.05) is 38.4 Å². The number of rotatable bonds is 10. The van der Waals surface area contributed by atoms with Crippen molar-refractivity contribution in [3.63, 3.8) is 0 Å². The van der Waals surface area contributed by atoms with Gasteiger partial charge >= 0.3 is 11.9 Å². The quantitative estimate of drug-likeness (QED) is 0.300. The van der Waals surface area contributed by atoms with E-state index < -0.39 is 11.9 Å². The van der Waals surface area contributed by atoms with Gasteiger partial charge in [-0.2, -0.15) is 0 Å². The lowest BCUT2D eigenvalue weighted by Gasteiger charge is -2.25. The number of fused-ring (bicyclic) bond motifs is 3. The van der Waals surface area contributed by atoms with Gasteiger partial charge in [-0.25, -0.2) is 9.59 Å². The second-order valence-electron chi connectivity index (χ2n) is 10.5. The average molecular weight is 489 g/mol. The molecule has 0 aromatic heterocycles. The van der Waals surface area contributed by atoms with Crippen LogP contribution in [0.5, 0.6) is 0 Å². The molecule has 0 heterocycles. The molecule has 3 aromatic carbocycles. The Bertz CT molecular complexity index is 1340. The molecule has 2 atom stereocenters. The zero-order valence-electron chi connectivity index (χ0n) is 22.1. The van der Waals surface area contributed by atoms with Gasteiger partial charge in [-0.1, -0.05) is 24.3 Å².